The first-order valence-electron chi connectivity index (χ1n) is 10.3. The first kappa shape index (κ1) is 25.1. The molecule has 15 nitrogen and oxygen atoms in total. The van der Waals surface area contributed by atoms with E-state index in [1.54, 1.807) is 6.07 Å². The molecule has 0 spiro atoms. The molecule has 4 aromatic rings. The van der Waals surface area contributed by atoms with E-state index in [9.17, 15) is 23.3 Å². The SMILES string of the molecule is COc1cc(NS(=O)(=O)c2ccc(NC(=O)c3ccc(Cn4cc([N+](=O)[O-])cn4)o3)cc2)nc(OC)n1. The van der Waals surface area contributed by atoms with Gasteiger partial charge in [-0.05, 0) is 36.4 Å². The molecule has 0 saturated heterocycles. The second-order valence-corrected chi connectivity index (χ2v) is 8.97. The van der Waals surface area contributed by atoms with Gasteiger partial charge in [-0.25, -0.2) is 8.42 Å². The molecule has 3 aromatic heterocycles. The molecule has 2 N–H and O–H groups in total. The number of sulfonamides is 1. The lowest BCUT2D eigenvalue weighted by molar-refractivity contribution is -0.385. The summed E-state index contributed by atoms with van der Waals surface area (Å²) in [6, 6.07) is 9.59. The largest absolute Gasteiger partial charge is 0.481 e. The van der Waals surface area contributed by atoms with Crippen molar-refractivity contribution >= 4 is 33.1 Å². The first-order chi connectivity index (χ1) is 17.7. The van der Waals surface area contributed by atoms with Gasteiger partial charge >= 0.3 is 11.7 Å². The van der Waals surface area contributed by atoms with Gasteiger partial charge in [0.1, 0.15) is 18.2 Å². The fourth-order valence-corrected chi connectivity index (χ4v) is 4.03. The minimum Gasteiger partial charge on any atom is -0.481 e. The van der Waals surface area contributed by atoms with Crippen LogP contribution in [0.4, 0.5) is 17.2 Å². The molecule has 1 aromatic carbocycles. The van der Waals surface area contributed by atoms with E-state index in [4.69, 9.17) is 13.9 Å². The average molecular weight is 529 g/mol. The van der Waals surface area contributed by atoms with Crippen LogP contribution in [0.2, 0.25) is 0 Å². The van der Waals surface area contributed by atoms with Crippen LogP contribution in [0.25, 0.3) is 0 Å². The lowest BCUT2D eigenvalue weighted by Crippen LogP contribution is -2.15. The Hall–Kier alpha value is -4.99. The highest BCUT2D eigenvalue weighted by Crippen LogP contribution is 2.22. The number of carbonyl (C=O) groups is 1. The molecule has 0 bridgehead atoms. The topological polar surface area (TPSA) is 194 Å². The number of furan rings is 1. The van der Waals surface area contributed by atoms with Gasteiger partial charge in [-0.2, -0.15) is 15.1 Å². The van der Waals surface area contributed by atoms with Crippen molar-refractivity contribution in [1.82, 2.24) is 19.7 Å². The highest BCUT2D eigenvalue weighted by Gasteiger charge is 2.18. The van der Waals surface area contributed by atoms with Gasteiger partial charge in [0.15, 0.2) is 11.6 Å². The van der Waals surface area contributed by atoms with E-state index in [2.05, 4.69) is 25.1 Å². The van der Waals surface area contributed by atoms with Crippen LogP contribution >= 0.6 is 0 Å². The molecule has 192 valence electrons. The molecule has 3 heterocycles. The Morgan fingerprint density at radius 1 is 1.14 bits per heavy atom. The Balaban J connectivity index is 1.40. The summed E-state index contributed by atoms with van der Waals surface area (Å²) in [7, 11) is -1.33. The van der Waals surface area contributed by atoms with Gasteiger partial charge in [-0.3, -0.25) is 24.3 Å². The van der Waals surface area contributed by atoms with Gasteiger partial charge in [0.05, 0.1) is 30.6 Å². The van der Waals surface area contributed by atoms with Crippen LogP contribution in [0.1, 0.15) is 16.3 Å². The van der Waals surface area contributed by atoms with E-state index in [1.165, 1.54) is 61.5 Å². The summed E-state index contributed by atoms with van der Waals surface area (Å²) in [4.78, 5) is 30.5. The Labute approximate surface area is 209 Å². The lowest BCUT2D eigenvalue weighted by Gasteiger charge is -2.10. The van der Waals surface area contributed by atoms with Crippen molar-refractivity contribution in [2.75, 3.05) is 24.3 Å². The Kier molecular flexibility index (Phi) is 7.01. The van der Waals surface area contributed by atoms with Crippen LogP contribution in [0, 0.1) is 10.1 Å². The number of aromatic nitrogens is 4. The number of hydrogen-bond acceptors (Lipinski definition) is 11. The van der Waals surface area contributed by atoms with Crippen molar-refractivity contribution < 1.29 is 32.0 Å². The van der Waals surface area contributed by atoms with Crippen molar-refractivity contribution in [3.05, 3.63) is 76.5 Å². The third-order valence-corrected chi connectivity index (χ3v) is 6.14. The number of rotatable bonds is 10. The molecule has 1 amide bonds. The van der Waals surface area contributed by atoms with Gasteiger partial charge in [0.2, 0.25) is 5.88 Å². The minimum atomic E-state index is -4.02. The molecular formula is C21H19N7O8S. The maximum atomic E-state index is 12.7. The summed E-state index contributed by atoms with van der Waals surface area (Å²) >= 11 is 0. The Morgan fingerprint density at radius 2 is 1.89 bits per heavy atom. The van der Waals surface area contributed by atoms with Gasteiger partial charge in [0, 0.05) is 11.8 Å². The van der Waals surface area contributed by atoms with Crippen molar-refractivity contribution in [2.45, 2.75) is 11.4 Å². The second-order valence-electron chi connectivity index (χ2n) is 7.29. The molecule has 0 aliphatic heterocycles. The highest BCUT2D eigenvalue weighted by molar-refractivity contribution is 7.92. The zero-order chi connectivity index (χ0) is 26.6. The molecular weight excluding hydrogens is 510 g/mol. The summed E-state index contributed by atoms with van der Waals surface area (Å²) in [5, 5.41) is 17.2. The second kappa shape index (κ2) is 10.3. The maximum absolute atomic E-state index is 12.7. The predicted molar refractivity (Wildman–Crippen MR) is 127 cm³/mol. The van der Waals surface area contributed by atoms with Crippen LogP contribution in [0.15, 0.2) is 64.2 Å². The van der Waals surface area contributed by atoms with E-state index in [0.29, 0.717) is 11.4 Å². The zero-order valence-corrected chi connectivity index (χ0v) is 20.1. The van der Waals surface area contributed by atoms with Crippen molar-refractivity contribution in [3.63, 3.8) is 0 Å². The van der Waals surface area contributed by atoms with Crippen LogP contribution in [0.3, 0.4) is 0 Å². The molecule has 0 saturated carbocycles. The quantitative estimate of drug-likeness (QED) is 0.226. The van der Waals surface area contributed by atoms with E-state index < -0.39 is 20.9 Å². The van der Waals surface area contributed by atoms with Gasteiger partial charge in [0.25, 0.3) is 15.9 Å². The number of ether oxygens (including phenoxy) is 2. The number of methoxy groups -OCH3 is 2. The van der Waals surface area contributed by atoms with Crippen molar-refractivity contribution in [3.8, 4) is 11.9 Å². The van der Waals surface area contributed by atoms with Gasteiger partial charge < -0.3 is 19.2 Å². The molecule has 0 radical (unpaired) electrons. The number of carbonyl (C=O) groups excluding carboxylic acids is 1. The Bertz CT molecular complexity index is 1520. The predicted octanol–water partition coefficient (Wildman–Crippen LogP) is 2.29. The highest BCUT2D eigenvalue weighted by atomic mass is 32.2. The molecule has 0 atom stereocenters. The molecule has 4 rings (SSSR count). The molecule has 0 unspecified atom stereocenters. The smallest absolute Gasteiger partial charge is 0.321 e. The number of benzene rings is 1. The van der Waals surface area contributed by atoms with Gasteiger partial charge in [-0.15, -0.1) is 0 Å². The number of amides is 1. The summed E-state index contributed by atoms with van der Waals surface area (Å²) in [6.07, 6.45) is 2.35. The summed E-state index contributed by atoms with van der Waals surface area (Å²) in [5.41, 5.74) is 0.150. The number of nitrogens with zero attached hydrogens (tertiary/aromatic N) is 5. The van der Waals surface area contributed by atoms with E-state index in [-0.39, 0.29) is 40.6 Å². The first-order valence-corrected chi connectivity index (χ1v) is 11.8. The fourth-order valence-electron chi connectivity index (χ4n) is 3.04. The maximum Gasteiger partial charge on any atom is 0.321 e. The van der Waals surface area contributed by atoms with Gasteiger partial charge in [-0.1, -0.05) is 0 Å². The van der Waals surface area contributed by atoms with E-state index in [1.807, 2.05) is 0 Å². The lowest BCUT2D eigenvalue weighted by atomic mass is 10.3. The third kappa shape index (κ3) is 5.99. The molecule has 0 aliphatic rings. The van der Waals surface area contributed by atoms with E-state index in [0.717, 1.165) is 6.20 Å². The molecule has 16 heteroatoms. The number of anilines is 2. The third-order valence-electron chi connectivity index (χ3n) is 4.77. The van der Waals surface area contributed by atoms with Crippen molar-refractivity contribution in [1.29, 1.82) is 0 Å². The normalized spacial score (nSPS) is 11.1. The standard InChI is InChI=1S/C21H19N7O8S/c1-34-19-9-18(24-21(25-19)35-2)26-37(32,33)16-6-3-13(4-7-16)23-20(29)17-8-5-15(36-17)12-27-11-14(10-22-27)28(30)31/h3-11H,12H2,1-2H3,(H,23,29)(H,24,25,26). The van der Waals surface area contributed by atoms with Crippen LogP contribution in [-0.4, -0.2) is 53.2 Å². The Morgan fingerprint density at radius 3 is 2.54 bits per heavy atom. The number of hydrogen-bond donors (Lipinski definition) is 2. The fraction of sp³-hybridized carbons (Fsp3) is 0.143. The zero-order valence-electron chi connectivity index (χ0n) is 19.3. The van der Waals surface area contributed by atoms with Crippen LogP contribution < -0.4 is 19.5 Å². The summed E-state index contributed by atoms with van der Waals surface area (Å²) in [6.45, 7) is 0.0881. The summed E-state index contributed by atoms with van der Waals surface area (Å²) < 4.78 is 44.5. The molecule has 0 aliphatic carbocycles. The van der Waals surface area contributed by atoms with Crippen LogP contribution in [0.5, 0.6) is 11.9 Å². The number of nitro groups is 1. The minimum absolute atomic E-state index is 0.0123. The van der Waals surface area contributed by atoms with E-state index >= 15 is 0 Å². The van der Waals surface area contributed by atoms with Crippen molar-refractivity contribution in [2.24, 2.45) is 0 Å². The average Bonchev–Trinajstić information content (AvgIpc) is 3.54. The monoisotopic (exact) mass is 529 g/mol. The number of nitrogens with one attached hydrogen (secondary N) is 2. The molecule has 37 heavy (non-hydrogen) atoms. The molecule has 0 fully saturated rings. The van der Waals surface area contributed by atoms with Crippen LogP contribution in [-0.2, 0) is 16.6 Å². The summed E-state index contributed by atoms with van der Waals surface area (Å²) in [5.74, 6) is -0.184.